The predicted molar refractivity (Wildman–Crippen MR) is 106 cm³/mol. The van der Waals surface area contributed by atoms with Crippen LogP contribution in [0.25, 0.3) is 0 Å². The number of amides is 1. The van der Waals surface area contributed by atoms with Crippen molar-refractivity contribution in [2.75, 3.05) is 18.9 Å². The number of benzene rings is 1. The van der Waals surface area contributed by atoms with E-state index < -0.39 is 15.9 Å². The molecule has 0 saturated carbocycles. The van der Waals surface area contributed by atoms with Gasteiger partial charge in [0.15, 0.2) is 0 Å². The van der Waals surface area contributed by atoms with Crippen LogP contribution in [-0.4, -0.2) is 42.0 Å². The first-order valence-corrected chi connectivity index (χ1v) is 10.6. The van der Waals surface area contributed by atoms with Crippen molar-refractivity contribution in [2.45, 2.75) is 10.8 Å². The molecule has 0 aliphatic rings. The van der Waals surface area contributed by atoms with Crippen LogP contribution in [0, 0.1) is 0 Å². The minimum Gasteiger partial charge on any atom is -0.310 e. The zero-order chi connectivity index (χ0) is 19.4. The number of anilines is 1. The molecule has 142 valence electrons. The number of nitrogens with zero attached hydrogens (tertiary/aromatic N) is 3. The topological polar surface area (TPSA) is 84.3 Å². The Balaban J connectivity index is 1.65. The van der Waals surface area contributed by atoms with Crippen LogP contribution in [0.15, 0.2) is 58.9 Å². The minimum atomic E-state index is -3.77. The third kappa shape index (κ3) is 4.75. The number of aromatic nitrogens is 2. The average Bonchev–Trinajstić information content (AvgIpc) is 3.25. The second-order valence-electron chi connectivity index (χ2n) is 5.73. The van der Waals surface area contributed by atoms with E-state index in [2.05, 4.69) is 10.4 Å². The lowest BCUT2D eigenvalue weighted by molar-refractivity contribution is -0.116. The Morgan fingerprint density at radius 1 is 1.22 bits per heavy atom. The fourth-order valence-corrected chi connectivity index (χ4v) is 5.20. The van der Waals surface area contributed by atoms with Gasteiger partial charge in [0.25, 0.3) is 10.0 Å². The molecule has 2 heterocycles. The summed E-state index contributed by atoms with van der Waals surface area (Å²) in [5.41, 5.74) is 1.03. The van der Waals surface area contributed by atoms with Gasteiger partial charge in [-0.2, -0.15) is 9.40 Å². The highest BCUT2D eigenvalue weighted by Crippen LogP contribution is 2.27. The number of likely N-dealkylation sites (N-methyl/N-ethyl adjacent to an activating group) is 1. The molecule has 0 spiro atoms. The number of rotatable bonds is 7. The molecule has 0 fully saturated rings. The van der Waals surface area contributed by atoms with Crippen LogP contribution in [0.4, 0.5) is 5.82 Å². The van der Waals surface area contributed by atoms with Crippen molar-refractivity contribution in [3.8, 4) is 0 Å². The molecule has 2 aromatic heterocycles. The first kappa shape index (κ1) is 19.6. The fourth-order valence-electron chi connectivity index (χ4n) is 2.38. The molecule has 0 aliphatic carbocycles. The molecular formula is C17H17ClN4O3S2. The molecule has 27 heavy (non-hydrogen) atoms. The molecular weight excluding hydrogens is 408 g/mol. The average molecular weight is 425 g/mol. The lowest BCUT2D eigenvalue weighted by Gasteiger charge is -2.16. The predicted octanol–water partition coefficient (Wildman–Crippen LogP) is 2.91. The van der Waals surface area contributed by atoms with E-state index in [0.717, 1.165) is 21.2 Å². The molecule has 0 unspecified atom stereocenters. The molecule has 0 aliphatic heterocycles. The van der Waals surface area contributed by atoms with Crippen molar-refractivity contribution in [1.82, 2.24) is 14.1 Å². The number of carbonyl (C=O) groups excluding carboxylic acids is 1. The van der Waals surface area contributed by atoms with Crippen molar-refractivity contribution in [1.29, 1.82) is 0 Å². The van der Waals surface area contributed by atoms with Gasteiger partial charge in [0.1, 0.15) is 10.0 Å². The number of nitrogens with one attached hydrogen (secondary N) is 1. The maximum atomic E-state index is 12.5. The third-order valence-corrected chi connectivity index (χ3v) is 7.24. The van der Waals surface area contributed by atoms with Gasteiger partial charge < -0.3 is 5.32 Å². The van der Waals surface area contributed by atoms with Gasteiger partial charge >= 0.3 is 0 Å². The number of thiophene rings is 1. The molecule has 1 amide bonds. The zero-order valence-corrected chi connectivity index (χ0v) is 16.8. The zero-order valence-electron chi connectivity index (χ0n) is 14.4. The standard InChI is InChI=1S/C17H17ClN4O3S2/c1-21(27(24,25)17-8-7-14(18)26-17)12-16(23)20-15-9-10-19-22(15)11-13-5-3-2-4-6-13/h2-10H,11-12H2,1H3,(H,20,23). The van der Waals surface area contributed by atoms with E-state index in [-0.39, 0.29) is 10.8 Å². The normalized spacial score (nSPS) is 11.7. The van der Waals surface area contributed by atoms with Gasteiger partial charge in [-0.25, -0.2) is 13.1 Å². The Hall–Kier alpha value is -2.20. The highest BCUT2D eigenvalue weighted by Gasteiger charge is 2.25. The first-order valence-electron chi connectivity index (χ1n) is 7.93. The minimum absolute atomic E-state index is 0.0944. The van der Waals surface area contributed by atoms with Crippen molar-refractivity contribution in [3.63, 3.8) is 0 Å². The van der Waals surface area contributed by atoms with Crippen LogP contribution in [0.3, 0.4) is 0 Å². The van der Waals surface area contributed by atoms with Crippen LogP contribution in [0.2, 0.25) is 4.34 Å². The maximum Gasteiger partial charge on any atom is 0.252 e. The monoisotopic (exact) mass is 424 g/mol. The molecule has 3 rings (SSSR count). The second kappa shape index (κ2) is 8.22. The summed E-state index contributed by atoms with van der Waals surface area (Å²) in [6, 6.07) is 14.3. The number of halogens is 1. The van der Waals surface area contributed by atoms with E-state index in [0.29, 0.717) is 16.7 Å². The van der Waals surface area contributed by atoms with E-state index in [1.165, 1.54) is 19.2 Å². The van der Waals surface area contributed by atoms with E-state index in [1.54, 1.807) is 16.9 Å². The molecule has 0 bridgehead atoms. The second-order valence-corrected chi connectivity index (χ2v) is 9.71. The molecule has 0 atom stereocenters. The van der Waals surface area contributed by atoms with Crippen LogP contribution >= 0.6 is 22.9 Å². The van der Waals surface area contributed by atoms with E-state index in [4.69, 9.17) is 11.6 Å². The van der Waals surface area contributed by atoms with E-state index >= 15 is 0 Å². The van der Waals surface area contributed by atoms with Gasteiger partial charge in [0, 0.05) is 13.1 Å². The largest absolute Gasteiger partial charge is 0.310 e. The molecule has 0 saturated heterocycles. The van der Waals surface area contributed by atoms with Crippen molar-refractivity contribution >= 4 is 44.7 Å². The quantitative estimate of drug-likeness (QED) is 0.632. The Morgan fingerprint density at radius 3 is 2.63 bits per heavy atom. The van der Waals surface area contributed by atoms with Crippen LogP contribution in [0.5, 0.6) is 0 Å². The number of carbonyl (C=O) groups is 1. The van der Waals surface area contributed by atoms with Crippen LogP contribution < -0.4 is 5.32 Å². The number of hydrogen-bond donors (Lipinski definition) is 1. The summed E-state index contributed by atoms with van der Waals surface area (Å²) in [6.07, 6.45) is 1.58. The molecule has 3 aromatic rings. The molecule has 7 nitrogen and oxygen atoms in total. The summed E-state index contributed by atoms with van der Waals surface area (Å²) in [5.74, 6) is 0.0346. The highest BCUT2D eigenvalue weighted by molar-refractivity contribution is 7.91. The summed E-state index contributed by atoms with van der Waals surface area (Å²) < 4.78 is 28.0. The summed E-state index contributed by atoms with van der Waals surface area (Å²) in [4.78, 5) is 12.3. The maximum absolute atomic E-state index is 12.5. The molecule has 0 radical (unpaired) electrons. The van der Waals surface area contributed by atoms with Crippen molar-refractivity contribution < 1.29 is 13.2 Å². The van der Waals surface area contributed by atoms with Gasteiger partial charge in [-0.15, -0.1) is 11.3 Å². The molecule has 1 aromatic carbocycles. The van der Waals surface area contributed by atoms with Gasteiger partial charge in [-0.05, 0) is 17.7 Å². The van der Waals surface area contributed by atoms with Gasteiger partial charge in [0.2, 0.25) is 5.91 Å². The highest BCUT2D eigenvalue weighted by atomic mass is 35.5. The fraction of sp³-hybridized carbons (Fsp3) is 0.176. The van der Waals surface area contributed by atoms with E-state index in [9.17, 15) is 13.2 Å². The third-order valence-electron chi connectivity index (χ3n) is 3.74. The van der Waals surface area contributed by atoms with Gasteiger partial charge in [-0.3, -0.25) is 4.79 Å². The Kier molecular flexibility index (Phi) is 5.95. The summed E-state index contributed by atoms with van der Waals surface area (Å²) in [5, 5.41) is 6.90. The van der Waals surface area contributed by atoms with E-state index in [1.807, 2.05) is 30.3 Å². The molecule has 1 N–H and O–H groups in total. The SMILES string of the molecule is CN(CC(=O)Nc1ccnn1Cc1ccccc1)S(=O)(=O)c1ccc(Cl)s1. The lowest BCUT2D eigenvalue weighted by Crippen LogP contribution is -2.35. The van der Waals surface area contributed by atoms with Gasteiger partial charge in [-0.1, -0.05) is 41.9 Å². The summed E-state index contributed by atoms with van der Waals surface area (Å²) >= 11 is 6.75. The summed E-state index contributed by atoms with van der Waals surface area (Å²) in [7, 11) is -2.42. The molecule has 10 heteroatoms. The smallest absolute Gasteiger partial charge is 0.252 e. The van der Waals surface area contributed by atoms with Gasteiger partial charge in [0.05, 0.1) is 23.6 Å². The number of hydrogen-bond acceptors (Lipinski definition) is 5. The lowest BCUT2D eigenvalue weighted by atomic mass is 10.2. The first-order chi connectivity index (χ1) is 12.9. The Bertz CT molecular complexity index is 1030. The summed E-state index contributed by atoms with van der Waals surface area (Å²) in [6.45, 7) is 0.166. The Labute approximate surface area is 166 Å². The van der Waals surface area contributed by atoms with Crippen LogP contribution in [-0.2, 0) is 21.4 Å². The Morgan fingerprint density at radius 2 is 1.96 bits per heavy atom. The van der Waals surface area contributed by atoms with Crippen LogP contribution in [0.1, 0.15) is 5.56 Å². The van der Waals surface area contributed by atoms with Crippen molar-refractivity contribution in [3.05, 3.63) is 64.6 Å². The van der Waals surface area contributed by atoms with Crippen molar-refractivity contribution in [2.24, 2.45) is 0 Å². The number of sulfonamides is 1.